The first-order valence-electron chi connectivity index (χ1n) is 3.52. The van der Waals surface area contributed by atoms with Crippen molar-refractivity contribution >= 4 is 5.97 Å². The molecule has 0 bridgehead atoms. The molecule has 0 spiro atoms. The van der Waals surface area contributed by atoms with Crippen LogP contribution in [0.25, 0.3) is 0 Å². The zero-order valence-corrected chi connectivity index (χ0v) is 5.21. The van der Waals surface area contributed by atoms with Crippen LogP contribution in [0, 0.1) is 17.8 Å². The van der Waals surface area contributed by atoms with Crippen LogP contribution in [-0.4, -0.2) is 11.1 Å². The summed E-state index contributed by atoms with van der Waals surface area (Å²) in [7, 11) is 0. The molecule has 2 rings (SSSR count). The predicted molar refractivity (Wildman–Crippen MR) is 32.0 cm³/mol. The lowest BCUT2D eigenvalue weighted by atomic mass is 10.2. The van der Waals surface area contributed by atoms with Gasteiger partial charge in [-0.05, 0) is 31.1 Å². The molecular formula is C7H10O2. The normalized spacial score (nSPS) is 40.4. The van der Waals surface area contributed by atoms with Gasteiger partial charge in [-0.15, -0.1) is 0 Å². The Kier molecular flexibility index (Phi) is 0.875. The summed E-state index contributed by atoms with van der Waals surface area (Å²) in [5.41, 5.74) is 0. The largest absolute Gasteiger partial charge is 0.481 e. The molecule has 2 fully saturated rings. The quantitative estimate of drug-likeness (QED) is 0.602. The number of hydrogen-bond acceptors (Lipinski definition) is 1. The molecule has 2 atom stereocenters. The molecule has 1 N–H and O–H groups in total. The van der Waals surface area contributed by atoms with E-state index in [0.717, 1.165) is 12.3 Å². The molecule has 2 aliphatic rings. The minimum Gasteiger partial charge on any atom is -0.481 e. The molecule has 0 saturated heterocycles. The topological polar surface area (TPSA) is 37.3 Å². The second-order valence-electron chi connectivity index (χ2n) is 3.18. The van der Waals surface area contributed by atoms with Crippen molar-refractivity contribution in [3.8, 4) is 0 Å². The second kappa shape index (κ2) is 1.49. The fraction of sp³-hybridized carbons (Fsp3) is 0.857. The first kappa shape index (κ1) is 5.27. The van der Waals surface area contributed by atoms with Gasteiger partial charge in [-0.2, -0.15) is 0 Å². The van der Waals surface area contributed by atoms with E-state index in [1.54, 1.807) is 0 Å². The van der Waals surface area contributed by atoms with Crippen LogP contribution in [-0.2, 0) is 4.79 Å². The van der Waals surface area contributed by atoms with Crippen molar-refractivity contribution in [1.29, 1.82) is 0 Å². The Morgan fingerprint density at radius 2 is 2.11 bits per heavy atom. The van der Waals surface area contributed by atoms with E-state index in [-0.39, 0.29) is 5.92 Å². The predicted octanol–water partition coefficient (Wildman–Crippen LogP) is 1.12. The highest BCUT2D eigenvalue weighted by atomic mass is 16.4. The van der Waals surface area contributed by atoms with Crippen molar-refractivity contribution in [3.05, 3.63) is 0 Å². The van der Waals surface area contributed by atoms with Gasteiger partial charge in [-0.3, -0.25) is 4.79 Å². The lowest BCUT2D eigenvalue weighted by molar-refractivity contribution is -0.138. The maximum Gasteiger partial charge on any atom is 0.306 e. The third kappa shape index (κ3) is 0.824. The molecule has 0 aliphatic heterocycles. The summed E-state index contributed by atoms with van der Waals surface area (Å²) in [6, 6.07) is 0. The van der Waals surface area contributed by atoms with E-state index in [9.17, 15) is 4.79 Å². The molecule has 0 heterocycles. The lowest BCUT2D eigenvalue weighted by Crippen LogP contribution is -1.99. The molecular weight excluding hydrogens is 116 g/mol. The maximum atomic E-state index is 10.3. The summed E-state index contributed by atoms with van der Waals surface area (Å²) in [5, 5.41) is 8.50. The molecule has 50 valence electrons. The number of rotatable bonds is 2. The summed E-state index contributed by atoms with van der Waals surface area (Å²) < 4.78 is 0. The minimum atomic E-state index is -0.577. The van der Waals surface area contributed by atoms with Gasteiger partial charge in [-0.1, -0.05) is 0 Å². The average molecular weight is 126 g/mol. The van der Waals surface area contributed by atoms with Gasteiger partial charge < -0.3 is 5.11 Å². The van der Waals surface area contributed by atoms with Crippen LogP contribution in [0.4, 0.5) is 0 Å². The molecule has 0 amide bonds. The van der Waals surface area contributed by atoms with E-state index in [4.69, 9.17) is 5.11 Å². The molecule has 9 heavy (non-hydrogen) atoms. The summed E-state index contributed by atoms with van der Waals surface area (Å²) in [5.74, 6) is 0.831. The first-order valence-corrected chi connectivity index (χ1v) is 3.52. The smallest absolute Gasteiger partial charge is 0.306 e. The maximum absolute atomic E-state index is 10.3. The SMILES string of the molecule is O=C(O)[C@@H]1C[C@@H]1C1CC1. The number of aliphatic carboxylic acids is 1. The molecule has 0 aromatic rings. The third-order valence-corrected chi connectivity index (χ3v) is 2.38. The Bertz CT molecular complexity index is 149. The zero-order chi connectivity index (χ0) is 6.43. The Morgan fingerprint density at radius 3 is 2.44 bits per heavy atom. The summed E-state index contributed by atoms with van der Waals surface area (Å²) in [4.78, 5) is 10.3. The molecule has 2 heteroatoms. The Morgan fingerprint density at radius 1 is 1.44 bits per heavy atom. The average Bonchev–Trinajstić information content (AvgIpc) is 2.60. The fourth-order valence-corrected chi connectivity index (χ4v) is 1.54. The van der Waals surface area contributed by atoms with Crippen molar-refractivity contribution < 1.29 is 9.90 Å². The van der Waals surface area contributed by atoms with Crippen LogP contribution in [0.2, 0.25) is 0 Å². The number of hydrogen-bond donors (Lipinski definition) is 1. The second-order valence-corrected chi connectivity index (χ2v) is 3.18. The Hall–Kier alpha value is -0.530. The van der Waals surface area contributed by atoms with Crippen molar-refractivity contribution in [2.24, 2.45) is 17.8 Å². The molecule has 2 saturated carbocycles. The monoisotopic (exact) mass is 126 g/mol. The molecule has 0 aromatic heterocycles. The highest BCUT2D eigenvalue weighted by molar-refractivity contribution is 5.73. The van der Waals surface area contributed by atoms with E-state index in [2.05, 4.69) is 0 Å². The van der Waals surface area contributed by atoms with Gasteiger partial charge in [0, 0.05) is 0 Å². The van der Waals surface area contributed by atoms with Crippen LogP contribution in [0.5, 0.6) is 0 Å². The van der Waals surface area contributed by atoms with E-state index in [1.165, 1.54) is 12.8 Å². The third-order valence-electron chi connectivity index (χ3n) is 2.38. The van der Waals surface area contributed by atoms with Crippen molar-refractivity contribution in [1.82, 2.24) is 0 Å². The minimum absolute atomic E-state index is 0.0394. The van der Waals surface area contributed by atoms with Crippen molar-refractivity contribution in [2.45, 2.75) is 19.3 Å². The fourth-order valence-electron chi connectivity index (χ4n) is 1.54. The van der Waals surface area contributed by atoms with E-state index < -0.39 is 5.97 Å². The highest BCUT2D eigenvalue weighted by Crippen LogP contribution is 2.54. The van der Waals surface area contributed by atoms with Gasteiger partial charge in [0.05, 0.1) is 5.92 Å². The number of carbonyl (C=O) groups is 1. The van der Waals surface area contributed by atoms with Crippen molar-refractivity contribution in [2.75, 3.05) is 0 Å². The van der Waals surface area contributed by atoms with Crippen LogP contribution in [0.3, 0.4) is 0 Å². The molecule has 0 aromatic carbocycles. The van der Waals surface area contributed by atoms with Gasteiger partial charge in [0.1, 0.15) is 0 Å². The van der Waals surface area contributed by atoms with Gasteiger partial charge in [0.15, 0.2) is 0 Å². The molecule has 0 radical (unpaired) electrons. The standard InChI is InChI=1S/C7H10O2/c8-7(9)6-3-5(6)4-1-2-4/h4-6H,1-3H2,(H,8,9)/t5-,6-/m1/s1. The summed E-state index contributed by atoms with van der Waals surface area (Å²) >= 11 is 0. The van der Waals surface area contributed by atoms with Gasteiger partial charge in [-0.25, -0.2) is 0 Å². The zero-order valence-electron chi connectivity index (χ0n) is 5.21. The molecule has 2 nitrogen and oxygen atoms in total. The molecule has 0 unspecified atom stereocenters. The number of carboxylic acid groups (broad SMARTS) is 1. The van der Waals surface area contributed by atoms with Crippen molar-refractivity contribution in [3.63, 3.8) is 0 Å². The van der Waals surface area contributed by atoms with E-state index in [1.807, 2.05) is 0 Å². The number of carboxylic acids is 1. The Labute approximate surface area is 53.9 Å². The van der Waals surface area contributed by atoms with E-state index in [0.29, 0.717) is 5.92 Å². The van der Waals surface area contributed by atoms with Crippen LogP contribution in [0.1, 0.15) is 19.3 Å². The molecule has 2 aliphatic carbocycles. The van der Waals surface area contributed by atoms with Gasteiger partial charge in [0.2, 0.25) is 0 Å². The summed E-state index contributed by atoms with van der Waals surface area (Å²) in [6.45, 7) is 0. The van der Waals surface area contributed by atoms with Gasteiger partial charge in [0.25, 0.3) is 0 Å². The lowest BCUT2D eigenvalue weighted by Gasteiger charge is -1.87. The highest BCUT2D eigenvalue weighted by Gasteiger charge is 2.51. The van der Waals surface area contributed by atoms with Crippen LogP contribution in [0.15, 0.2) is 0 Å². The Balaban J connectivity index is 1.87. The first-order chi connectivity index (χ1) is 4.29. The van der Waals surface area contributed by atoms with Gasteiger partial charge >= 0.3 is 5.97 Å². The van der Waals surface area contributed by atoms with Crippen LogP contribution >= 0.6 is 0 Å². The van der Waals surface area contributed by atoms with E-state index >= 15 is 0 Å². The summed E-state index contributed by atoms with van der Waals surface area (Å²) in [6.07, 6.45) is 3.53. The van der Waals surface area contributed by atoms with Crippen LogP contribution < -0.4 is 0 Å².